The number of ketones is 1. The quantitative estimate of drug-likeness (QED) is 0.734. The summed E-state index contributed by atoms with van der Waals surface area (Å²) in [4.78, 5) is 12.8. The van der Waals surface area contributed by atoms with Crippen molar-refractivity contribution < 1.29 is 17.4 Å². The van der Waals surface area contributed by atoms with Gasteiger partial charge in [-0.05, 0) is 61.6 Å². The first-order valence-corrected chi connectivity index (χ1v) is 12.0. The first-order chi connectivity index (χ1) is 13.3. The Labute approximate surface area is 168 Å². The molecule has 2 unspecified atom stereocenters. The fourth-order valence-electron chi connectivity index (χ4n) is 5.80. The Morgan fingerprint density at radius 3 is 2.39 bits per heavy atom. The van der Waals surface area contributed by atoms with Gasteiger partial charge in [0.2, 0.25) is 0 Å². The van der Waals surface area contributed by atoms with Crippen LogP contribution in [0, 0.1) is 22.7 Å². The maximum atomic E-state index is 13.2. The van der Waals surface area contributed by atoms with E-state index in [4.69, 9.17) is 4.18 Å². The van der Waals surface area contributed by atoms with E-state index in [0.29, 0.717) is 18.8 Å². The molecule has 1 N–H and O–H groups in total. The molecule has 3 aliphatic rings. The van der Waals surface area contributed by atoms with Gasteiger partial charge < -0.3 is 5.32 Å². The number of carbonyl (C=O) groups excluding carboxylic acids is 1. The molecule has 2 bridgehead atoms. The van der Waals surface area contributed by atoms with Crippen molar-refractivity contribution in [3.63, 3.8) is 0 Å². The van der Waals surface area contributed by atoms with Crippen molar-refractivity contribution in [1.82, 2.24) is 5.32 Å². The lowest BCUT2D eigenvalue weighted by molar-refractivity contribution is -0.128. The molecule has 3 atom stereocenters. The molecule has 0 spiro atoms. The van der Waals surface area contributed by atoms with Crippen LogP contribution >= 0.6 is 0 Å². The molecule has 2 aliphatic carbocycles. The summed E-state index contributed by atoms with van der Waals surface area (Å²) in [6.07, 6.45) is 3.39. The largest absolute Gasteiger partial charge is 0.317 e. The van der Waals surface area contributed by atoms with E-state index < -0.39 is 21.6 Å². The monoisotopic (exact) mass is 405 g/mol. The molecule has 1 aromatic carbocycles. The second kappa shape index (κ2) is 7.22. The summed E-state index contributed by atoms with van der Waals surface area (Å²) >= 11 is 0. The molecule has 1 saturated heterocycles. The normalized spacial score (nSPS) is 31.2. The summed E-state index contributed by atoms with van der Waals surface area (Å²) in [6, 6.07) is 9.65. The maximum Gasteiger partial charge on any atom is 0.268 e. The average molecular weight is 406 g/mol. The lowest BCUT2D eigenvalue weighted by Gasteiger charge is -2.37. The van der Waals surface area contributed by atoms with Crippen molar-refractivity contribution in [3.8, 4) is 0 Å². The van der Waals surface area contributed by atoms with Crippen LogP contribution in [-0.4, -0.2) is 33.0 Å². The van der Waals surface area contributed by atoms with Crippen molar-refractivity contribution in [2.24, 2.45) is 22.7 Å². The van der Waals surface area contributed by atoms with Gasteiger partial charge in [0.15, 0.2) is 0 Å². The van der Waals surface area contributed by atoms with Crippen molar-refractivity contribution in [3.05, 3.63) is 35.9 Å². The van der Waals surface area contributed by atoms with Crippen LogP contribution in [0.2, 0.25) is 0 Å². The highest BCUT2D eigenvalue weighted by atomic mass is 32.2. The van der Waals surface area contributed by atoms with Crippen molar-refractivity contribution in [1.29, 1.82) is 0 Å². The summed E-state index contributed by atoms with van der Waals surface area (Å²) in [5.74, 6) is 0.375. The zero-order valence-corrected chi connectivity index (χ0v) is 17.6. The lowest BCUT2D eigenvalue weighted by atomic mass is 9.70. The standard InChI is InChI=1S/C22H31NO4S/c1-21(2)18-8-11-22(21,19(24)14-18)15-28(25,26)27-20(16-6-4-3-5-7-16)17-9-12-23-13-10-17/h3-7,17-18,20,23H,8-15H2,1-2H3/t18?,20-,22?/m1/s1. The Bertz CT molecular complexity index is 829. The number of carbonyl (C=O) groups is 1. The number of nitrogens with one attached hydrogen (secondary N) is 1. The summed E-state index contributed by atoms with van der Waals surface area (Å²) in [7, 11) is -3.85. The van der Waals surface area contributed by atoms with E-state index in [2.05, 4.69) is 19.2 Å². The van der Waals surface area contributed by atoms with Gasteiger partial charge in [0, 0.05) is 6.42 Å². The number of hydrogen-bond donors (Lipinski definition) is 1. The van der Waals surface area contributed by atoms with E-state index in [1.807, 2.05) is 30.3 Å². The first kappa shape index (κ1) is 20.0. The van der Waals surface area contributed by atoms with Gasteiger partial charge in [-0.3, -0.25) is 8.98 Å². The minimum Gasteiger partial charge on any atom is -0.317 e. The first-order valence-electron chi connectivity index (χ1n) is 10.5. The molecule has 1 aromatic rings. The lowest BCUT2D eigenvalue weighted by Crippen LogP contribution is -2.43. The van der Waals surface area contributed by atoms with Gasteiger partial charge >= 0.3 is 0 Å². The predicted octanol–water partition coefficient (Wildman–Crippen LogP) is 3.47. The SMILES string of the molecule is CC1(C)C2CCC1(CS(=O)(=O)O[C@H](c1ccccc1)C1CCNCC1)C(=O)C2. The van der Waals surface area contributed by atoms with Crippen LogP contribution in [0.5, 0.6) is 0 Å². The van der Waals surface area contributed by atoms with Gasteiger partial charge in [-0.2, -0.15) is 8.42 Å². The van der Waals surface area contributed by atoms with Crippen LogP contribution in [0.1, 0.15) is 57.6 Å². The fourth-order valence-corrected chi connectivity index (χ4v) is 7.73. The van der Waals surface area contributed by atoms with Crippen LogP contribution < -0.4 is 5.32 Å². The number of piperidine rings is 1. The zero-order chi connectivity index (χ0) is 20.0. The summed E-state index contributed by atoms with van der Waals surface area (Å²) < 4.78 is 32.4. The summed E-state index contributed by atoms with van der Waals surface area (Å²) in [6.45, 7) is 5.86. The summed E-state index contributed by atoms with van der Waals surface area (Å²) in [5, 5.41) is 3.33. The Morgan fingerprint density at radius 1 is 1.14 bits per heavy atom. The number of rotatable bonds is 6. The molecule has 1 aliphatic heterocycles. The van der Waals surface area contributed by atoms with Gasteiger partial charge in [-0.1, -0.05) is 44.2 Å². The highest BCUT2D eigenvalue weighted by molar-refractivity contribution is 7.86. The highest BCUT2D eigenvalue weighted by Crippen LogP contribution is 2.64. The Kier molecular flexibility index (Phi) is 5.17. The topological polar surface area (TPSA) is 72.5 Å². The second-order valence-electron chi connectivity index (χ2n) is 9.38. The molecule has 28 heavy (non-hydrogen) atoms. The summed E-state index contributed by atoms with van der Waals surface area (Å²) in [5.41, 5.74) is -0.166. The van der Waals surface area contributed by atoms with Gasteiger partial charge in [-0.25, -0.2) is 0 Å². The van der Waals surface area contributed by atoms with Crippen LogP contribution in [0.25, 0.3) is 0 Å². The van der Waals surface area contributed by atoms with E-state index in [9.17, 15) is 13.2 Å². The molecule has 0 radical (unpaired) electrons. The molecule has 3 fully saturated rings. The molecular weight excluding hydrogens is 374 g/mol. The van der Waals surface area contributed by atoms with Gasteiger partial charge in [0.1, 0.15) is 11.9 Å². The minimum atomic E-state index is -3.85. The second-order valence-corrected chi connectivity index (χ2v) is 11.0. The van der Waals surface area contributed by atoms with Crippen molar-refractivity contribution >= 4 is 15.9 Å². The Balaban J connectivity index is 1.60. The molecule has 154 valence electrons. The van der Waals surface area contributed by atoms with E-state index in [-0.39, 0.29) is 22.9 Å². The average Bonchev–Trinajstić information content (AvgIpc) is 3.01. The molecule has 1 heterocycles. The minimum absolute atomic E-state index is 0.110. The predicted molar refractivity (Wildman–Crippen MR) is 108 cm³/mol. The molecule has 0 amide bonds. The van der Waals surface area contributed by atoms with Gasteiger partial charge in [0.05, 0.1) is 11.2 Å². The number of fused-ring (bicyclic) bond motifs is 2. The van der Waals surface area contributed by atoms with Gasteiger partial charge in [0.25, 0.3) is 10.1 Å². The fraction of sp³-hybridized carbons (Fsp3) is 0.682. The number of benzene rings is 1. The molecule has 6 heteroatoms. The third-order valence-corrected chi connectivity index (χ3v) is 9.10. The third-order valence-electron chi connectivity index (χ3n) is 7.75. The van der Waals surface area contributed by atoms with Crippen LogP contribution in [-0.2, 0) is 19.1 Å². The Hall–Kier alpha value is -1.24. The van der Waals surface area contributed by atoms with E-state index >= 15 is 0 Å². The highest BCUT2D eigenvalue weighted by Gasteiger charge is 2.65. The molecule has 4 rings (SSSR count). The van der Waals surface area contributed by atoms with Crippen molar-refractivity contribution in [2.45, 2.75) is 52.1 Å². The van der Waals surface area contributed by atoms with E-state index in [1.54, 1.807) is 0 Å². The molecule has 0 aromatic heterocycles. The van der Waals surface area contributed by atoms with Gasteiger partial charge in [-0.15, -0.1) is 0 Å². The molecular formula is C22H31NO4S. The van der Waals surface area contributed by atoms with Crippen molar-refractivity contribution in [2.75, 3.05) is 18.8 Å². The third kappa shape index (κ3) is 3.33. The van der Waals surface area contributed by atoms with E-state index in [1.165, 1.54) is 0 Å². The molecule has 2 saturated carbocycles. The Morgan fingerprint density at radius 2 is 1.82 bits per heavy atom. The van der Waals surface area contributed by atoms with Crippen LogP contribution in [0.3, 0.4) is 0 Å². The zero-order valence-electron chi connectivity index (χ0n) is 16.8. The van der Waals surface area contributed by atoms with Crippen LogP contribution in [0.15, 0.2) is 30.3 Å². The number of Topliss-reactive ketones (excluding diaryl/α,β-unsaturated/α-hetero) is 1. The van der Waals surface area contributed by atoms with Crippen LogP contribution in [0.4, 0.5) is 0 Å². The van der Waals surface area contributed by atoms with E-state index in [0.717, 1.165) is 37.9 Å². The maximum absolute atomic E-state index is 13.2. The smallest absolute Gasteiger partial charge is 0.268 e. The molecule has 5 nitrogen and oxygen atoms in total. The number of hydrogen-bond acceptors (Lipinski definition) is 5.